The van der Waals surface area contributed by atoms with Crippen LogP contribution >= 0.6 is 0 Å². The highest BCUT2D eigenvalue weighted by atomic mass is 16.5. The first-order chi connectivity index (χ1) is 8.99. The molecular formula is C14H21N3O2. The summed E-state index contributed by atoms with van der Waals surface area (Å²) in [6, 6.07) is 5.13. The maximum absolute atomic E-state index is 11.9. The summed E-state index contributed by atoms with van der Waals surface area (Å²) in [5.74, 6) is 0.804. The van der Waals surface area contributed by atoms with Crippen molar-refractivity contribution in [2.45, 2.75) is 19.9 Å². The Morgan fingerprint density at radius 2 is 2.21 bits per heavy atom. The number of nitrogens with zero attached hydrogens (tertiary/aromatic N) is 1. The van der Waals surface area contributed by atoms with E-state index in [1.165, 1.54) is 0 Å². The number of ether oxygens (including phenoxy) is 1. The van der Waals surface area contributed by atoms with E-state index in [1.54, 1.807) is 0 Å². The molecule has 1 aliphatic heterocycles. The number of hydrogen-bond donors (Lipinski definition) is 2. The van der Waals surface area contributed by atoms with Gasteiger partial charge in [0, 0.05) is 12.7 Å². The first-order valence-corrected chi connectivity index (χ1v) is 6.53. The monoisotopic (exact) mass is 263 g/mol. The van der Waals surface area contributed by atoms with E-state index in [2.05, 4.69) is 10.2 Å². The van der Waals surface area contributed by atoms with Gasteiger partial charge in [-0.25, -0.2) is 0 Å². The summed E-state index contributed by atoms with van der Waals surface area (Å²) in [4.78, 5) is 14.0. The molecule has 5 nitrogen and oxygen atoms in total. The smallest absolute Gasteiger partial charge is 0.241 e. The molecule has 0 fully saturated rings. The van der Waals surface area contributed by atoms with E-state index in [1.807, 2.05) is 39.1 Å². The second-order valence-corrected chi connectivity index (χ2v) is 5.21. The number of anilines is 2. The molecule has 0 saturated carbocycles. The fourth-order valence-corrected chi connectivity index (χ4v) is 1.96. The minimum Gasteiger partial charge on any atom is -0.490 e. The van der Waals surface area contributed by atoms with Gasteiger partial charge in [0.25, 0.3) is 0 Å². The van der Waals surface area contributed by atoms with Gasteiger partial charge in [-0.15, -0.1) is 0 Å². The Hall–Kier alpha value is -1.75. The highest BCUT2D eigenvalue weighted by molar-refractivity contribution is 5.95. The molecule has 5 heteroatoms. The number of benzene rings is 1. The van der Waals surface area contributed by atoms with Crippen molar-refractivity contribution in [2.75, 3.05) is 30.4 Å². The van der Waals surface area contributed by atoms with Crippen LogP contribution in [0.25, 0.3) is 0 Å². The number of nitrogens with one attached hydrogen (secondary N) is 1. The third-order valence-electron chi connectivity index (χ3n) is 3.34. The quantitative estimate of drug-likeness (QED) is 0.866. The fraction of sp³-hybridized carbons (Fsp3) is 0.500. The summed E-state index contributed by atoms with van der Waals surface area (Å²) in [6.07, 6.45) is 0. The van der Waals surface area contributed by atoms with Crippen molar-refractivity contribution >= 4 is 17.3 Å². The number of fused-ring (bicyclic) bond motifs is 1. The summed E-state index contributed by atoms with van der Waals surface area (Å²) >= 11 is 0. The molecule has 19 heavy (non-hydrogen) atoms. The normalized spacial score (nSPS) is 15.7. The van der Waals surface area contributed by atoms with Crippen LogP contribution in [0.1, 0.15) is 13.8 Å². The molecule has 0 radical (unpaired) electrons. The zero-order valence-electron chi connectivity index (χ0n) is 11.6. The largest absolute Gasteiger partial charge is 0.490 e. The van der Waals surface area contributed by atoms with Crippen LogP contribution in [0.3, 0.4) is 0 Å². The minimum absolute atomic E-state index is 0.114. The Balaban J connectivity index is 2.14. The number of amides is 1. The molecule has 0 unspecified atom stereocenters. The van der Waals surface area contributed by atoms with Gasteiger partial charge >= 0.3 is 0 Å². The number of hydrogen-bond acceptors (Lipinski definition) is 4. The number of carbonyl (C=O) groups excluding carboxylic acids is 1. The number of carbonyl (C=O) groups is 1. The molecule has 1 amide bonds. The van der Waals surface area contributed by atoms with E-state index < -0.39 is 6.04 Å². The van der Waals surface area contributed by atoms with Crippen molar-refractivity contribution in [3.63, 3.8) is 0 Å². The van der Waals surface area contributed by atoms with Gasteiger partial charge in [0.15, 0.2) is 0 Å². The average Bonchev–Trinajstić information content (AvgIpc) is 2.38. The Morgan fingerprint density at radius 1 is 1.47 bits per heavy atom. The lowest BCUT2D eigenvalue weighted by molar-refractivity contribution is -0.118. The van der Waals surface area contributed by atoms with E-state index in [4.69, 9.17) is 10.5 Å². The summed E-state index contributed by atoms with van der Waals surface area (Å²) in [6.45, 7) is 5.39. The molecule has 1 aliphatic rings. The zero-order chi connectivity index (χ0) is 14.0. The first-order valence-electron chi connectivity index (χ1n) is 6.53. The summed E-state index contributed by atoms with van der Waals surface area (Å²) in [5, 5.41) is 2.85. The number of rotatable bonds is 3. The second-order valence-electron chi connectivity index (χ2n) is 5.21. The standard InChI is InChI=1S/C14H21N3O2/c1-9(2)13(15)14(18)16-10-4-5-12-11(8-10)17(3)6-7-19-12/h4-5,8-9,13H,6-7,15H2,1-3H3,(H,16,18)/t13-/m0/s1. The van der Waals surface area contributed by atoms with Crippen LogP contribution in [-0.2, 0) is 4.79 Å². The summed E-state index contributed by atoms with van der Waals surface area (Å²) in [5.41, 5.74) is 7.56. The van der Waals surface area contributed by atoms with Gasteiger partial charge < -0.3 is 20.7 Å². The third kappa shape index (κ3) is 2.98. The van der Waals surface area contributed by atoms with Crippen LogP contribution in [-0.4, -0.2) is 32.1 Å². The molecule has 0 spiro atoms. The SMILES string of the molecule is CC(C)[C@H](N)C(=O)Nc1ccc2c(c1)N(C)CCO2. The van der Waals surface area contributed by atoms with Crippen molar-refractivity contribution in [1.82, 2.24) is 0 Å². The molecule has 0 aliphatic carbocycles. The summed E-state index contributed by atoms with van der Waals surface area (Å²) < 4.78 is 5.56. The van der Waals surface area contributed by atoms with Gasteiger partial charge in [-0.2, -0.15) is 0 Å². The Morgan fingerprint density at radius 3 is 2.89 bits per heavy atom. The van der Waals surface area contributed by atoms with Crippen molar-refractivity contribution in [3.05, 3.63) is 18.2 Å². The molecule has 2 rings (SSSR count). The van der Waals surface area contributed by atoms with Crippen LogP contribution in [0.2, 0.25) is 0 Å². The molecular weight excluding hydrogens is 242 g/mol. The van der Waals surface area contributed by atoms with Crippen LogP contribution < -0.4 is 20.7 Å². The van der Waals surface area contributed by atoms with Gasteiger partial charge in [0.1, 0.15) is 12.4 Å². The van der Waals surface area contributed by atoms with Crippen LogP contribution in [0.5, 0.6) is 5.75 Å². The predicted molar refractivity (Wildman–Crippen MR) is 76.7 cm³/mol. The second kappa shape index (κ2) is 5.48. The van der Waals surface area contributed by atoms with E-state index in [9.17, 15) is 4.79 Å². The lowest BCUT2D eigenvalue weighted by atomic mass is 10.0. The van der Waals surface area contributed by atoms with Gasteiger partial charge in [0.2, 0.25) is 5.91 Å². The Kier molecular flexibility index (Phi) is 3.95. The minimum atomic E-state index is -0.495. The van der Waals surface area contributed by atoms with E-state index in [-0.39, 0.29) is 11.8 Å². The average molecular weight is 263 g/mol. The van der Waals surface area contributed by atoms with E-state index >= 15 is 0 Å². The van der Waals surface area contributed by atoms with Crippen molar-refractivity contribution in [3.8, 4) is 5.75 Å². The maximum atomic E-state index is 11.9. The van der Waals surface area contributed by atoms with Crippen LogP contribution in [0.15, 0.2) is 18.2 Å². The van der Waals surface area contributed by atoms with E-state index in [0.717, 1.165) is 23.7 Å². The van der Waals surface area contributed by atoms with E-state index in [0.29, 0.717) is 6.61 Å². The molecule has 0 aromatic heterocycles. The van der Waals surface area contributed by atoms with Gasteiger partial charge in [-0.1, -0.05) is 13.8 Å². The molecule has 1 atom stereocenters. The van der Waals surface area contributed by atoms with Crippen molar-refractivity contribution in [2.24, 2.45) is 11.7 Å². The summed E-state index contributed by atoms with van der Waals surface area (Å²) in [7, 11) is 2.01. The molecule has 1 heterocycles. The zero-order valence-corrected chi connectivity index (χ0v) is 11.6. The molecule has 1 aromatic carbocycles. The lowest BCUT2D eigenvalue weighted by Crippen LogP contribution is -2.39. The molecule has 104 valence electrons. The van der Waals surface area contributed by atoms with Gasteiger partial charge in [-0.3, -0.25) is 4.79 Å². The molecule has 0 saturated heterocycles. The van der Waals surface area contributed by atoms with Crippen molar-refractivity contribution in [1.29, 1.82) is 0 Å². The maximum Gasteiger partial charge on any atom is 0.241 e. The van der Waals surface area contributed by atoms with Crippen LogP contribution in [0, 0.1) is 5.92 Å². The van der Waals surface area contributed by atoms with Crippen molar-refractivity contribution < 1.29 is 9.53 Å². The molecule has 3 N–H and O–H groups in total. The Labute approximate surface area is 113 Å². The fourth-order valence-electron chi connectivity index (χ4n) is 1.96. The topological polar surface area (TPSA) is 67.6 Å². The van der Waals surface area contributed by atoms with Gasteiger partial charge in [0.05, 0.1) is 18.3 Å². The number of likely N-dealkylation sites (N-methyl/N-ethyl adjacent to an activating group) is 1. The Bertz CT molecular complexity index is 474. The molecule has 1 aromatic rings. The number of nitrogens with two attached hydrogens (primary N) is 1. The highest BCUT2D eigenvalue weighted by Gasteiger charge is 2.19. The van der Waals surface area contributed by atoms with Gasteiger partial charge in [-0.05, 0) is 24.1 Å². The highest BCUT2D eigenvalue weighted by Crippen LogP contribution is 2.33. The van der Waals surface area contributed by atoms with Crippen LogP contribution in [0.4, 0.5) is 11.4 Å². The third-order valence-corrected chi connectivity index (χ3v) is 3.34. The lowest BCUT2D eigenvalue weighted by Gasteiger charge is -2.28. The predicted octanol–water partition coefficient (Wildman–Crippen LogP) is 1.44. The first kappa shape index (κ1) is 13.7. The molecule has 0 bridgehead atoms.